The zero-order chi connectivity index (χ0) is 13.9. The van der Waals surface area contributed by atoms with Crippen molar-refractivity contribution in [3.8, 4) is 0 Å². The summed E-state index contributed by atoms with van der Waals surface area (Å²) in [6.45, 7) is 2.07. The van der Waals surface area contributed by atoms with Gasteiger partial charge in [0, 0.05) is 0 Å². The zero-order valence-electron chi connectivity index (χ0n) is 13.3. The highest BCUT2D eigenvalue weighted by Crippen LogP contribution is 2.19. The number of ether oxygens (including phenoxy) is 2. The minimum absolute atomic E-state index is 0.645. The topological polar surface area (TPSA) is 25.1 Å². The van der Waals surface area contributed by atoms with Crippen molar-refractivity contribution in [2.24, 2.45) is 0 Å². The summed E-state index contributed by atoms with van der Waals surface area (Å²) < 4.78 is 10.4. The van der Waals surface area contributed by atoms with Crippen LogP contribution in [0.4, 0.5) is 0 Å². The average molecular weight is 282 g/mol. The molecule has 0 aliphatic carbocycles. The van der Waals surface area contributed by atoms with Gasteiger partial charge >= 0.3 is 0 Å². The molecule has 2 heteroatoms. The Morgan fingerprint density at radius 1 is 0.450 bits per heavy atom. The van der Waals surface area contributed by atoms with Crippen LogP contribution >= 0.6 is 0 Å². The Morgan fingerprint density at radius 3 is 0.950 bits per heavy atom. The summed E-state index contributed by atoms with van der Waals surface area (Å²) in [5.74, 6) is 0. The fraction of sp³-hybridized carbons (Fsp3) is 1.00. The van der Waals surface area contributed by atoms with Crippen molar-refractivity contribution < 1.29 is 9.47 Å². The van der Waals surface area contributed by atoms with E-state index in [1.807, 2.05) is 0 Å². The molecule has 2 nitrogen and oxygen atoms in total. The van der Waals surface area contributed by atoms with Gasteiger partial charge in [0.15, 0.2) is 0 Å². The molecule has 2 aliphatic rings. The van der Waals surface area contributed by atoms with Gasteiger partial charge in [0.05, 0.1) is 25.4 Å². The molecule has 0 spiro atoms. The second kappa shape index (κ2) is 10.6. The second-order valence-electron chi connectivity index (χ2n) is 6.73. The maximum absolute atomic E-state index is 5.22. The molecule has 2 saturated heterocycles. The summed E-state index contributed by atoms with van der Waals surface area (Å²) in [7, 11) is 0. The van der Waals surface area contributed by atoms with Crippen molar-refractivity contribution in [1.29, 1.82) is 0 Å². The first-order valence-electron chi connectivity index (χ1n) is 9.18. The van der Waals surface area contributed by atoms with Crippen molar-refractivity contribution in [2.75, 3.05) is 13.2 Å². The van der Waals surface area contributed by atoms with Gasteiger partial charge in [-0.15, -0.1) is 0 Å². The molecule has 0 bridgehead atoms. The fourth-order valence-electron chi connectivity index (χ4n) is 2.98. The lowest BCUT2D eigenvalue weighted by atomic mass is 10.0. The summed E-state index contributed by atoms with van der Waals surface area (Å²) in [5, 5.41) is 0. The van der Waals surface area contributed by atoms with E-state index in [1.165, 1.54) is 89.9 Å². The SMILES string of the molecule is C(CCCCCCC[C@H]1CO1)CCCCCC[C@@H]1CO1. The van der Waals surface area contributed by atoms with Crippen LogP contribution in [-0.4, -0.2) is 25.4 Å². The number of hydrogen-bond acceptors (Lipinski definition) is 2. The van der Waals surface area contributed by atoms with E-state index in [1.54, 1.807) is 0 Å². The molecule has 2 rings (SSSR count). The highest BCUT2D eigenvalue weighted by atomic mass is 16.6. The van der Waals surface area contributed by atoms with Crippen LogP contribution in [0.15, 0.2) is 0 Å². The molecule has 0 radical (unpaired) electrons. The molecule has 2 fully saturated rings. The lowest BCUT2D eigenvalue weighted by Crippen LogP contribution is -1.87. The normalized spacial score (nSPS) is 24.0. The van der Waals surface area contributed by atoms with Crippen LogP contribution in [0.3, 0.4) is 0 Å². The van der Waals surface area contributed by atoms with Crippen molar-refractivity contribution in [1.82, 2.24) is 0 Å². The van der Waals surface area contributed by atoms with Crippen LogP contribution < -0.4 is 0 Å². The van der Waals surface area contributed by atoms with Crippen LogP contribution in [0, 0.1) is 0 Å². The molecular weight excluding hydrogens is 248 g/mol. The Morgan fingerprint density at radius 2 is 0.700 bits per heavy atom. The van der Waals surface area contributed by atoms with Gasteiger partial charge in [0.2, 0.25) is 0 Å². The van der Waals surface area contributed by atoms with Crippen LogP contribution in [-0.2, 0) is 9.47 Å². The predicted octanol–water partition coefficient (Wildman–Crippen LogP) is 5.25. The molecule has 0 aromatic heterocycles. The second-order valence-corrected chi connectivity index (χ2v) is 6.73. The first-order chi connectivity index (χ1) is 9.95. The first kappa shape index (κ1) is 16.3. The van der Waals surface area contributed by atoms with Gasteiger partial charge in [0.25, 0.3) is 0 Å². The average Bonchev–Trinajstić information content (AvgIpc) is 3.34. The summed E-state index contributed by atoms with van der Waals surface area (Å²) in [6, 6.07) is 0. The van der Waals surface area contributed by atoms with Crippen molar-refractivity contribution in [2.45, 2.75) is 102 Å². The molecule has 0 aromatic rings. The van der Waals surface area contributed by atoms with Gasteiger partial charge in [-0.2, -0.15) is 0 Å². The number of rotatable bonds is 15. The van der Waals surface area contributed by atoms with Crippen molar-refractivity contribution in [3.05, 3.63) is 0 Å². The van der Waals surface area contributed by atoms with Gasteiger partial charge in [-0.25, -0.2) is 0 Å². The van der Waals surface area contributed by atoms with E-state index in [0.717, 1.165) is 13.2 Å². The van der Waals surface area contributed by atoms with Gasteiger partial charge in [-0.05, 0) is 12.8 Å². The Bertz CT molecular complexity index is 197. The minimum atomic E-state index is 0.645. The van der Waals surface area contributed by atoms with Gasteiger partial charge in [-0.1, -0.05) is 77.0 Å². The van der Waals surface area contributed by atoms with Gasteiger partial charge in [0.1, 0.15) is 0 Å². The summed E-state index contributed by atoms with van der Waals surface area (Å²) >= 11 is 0. The van der Waals surface area contributed by atoms with Crippen molar-refractivity contribution in [3.63, 3.8) is 0 Å². The Labute approximate surface area is 125 Å². The molecule has 2 heterocycles. The molecule has 0 aromatic carbocycles. The lowest BCUT2D eigenvalue weighted by molar-refractivity contribution is 0.386. The van der Waals surface area contributed by atoms with E-state index in [9.17, 15) is 0 Å². The Hall–Kier alpha value is -0.0800. The maximum atomic E-state index is 5.22. The molecule has 20 heavy (non-hydrogen) atoms. The monoisotopic (exact) mass is 282 g/mol. The Kier molecular flexibility index (Phi) is 8.65. The maximum Gasteiger partial charge on any atom is 0.0810 e. The third-order valence-electron chi connectivity index (χ3n) is 4.61. The van der Waals surface area contributed by atoms with E-state index in [0.29, 0.717) is 12.2 Å². The highest BCUT2D eigenvalue weighted by Gasteiger charge is 2.21. The summed E-state index contributed by atoms with van der Waals surface area (Å²) in [6.07, 6.45) is 21.1. The van der Waals surface area contributed by atoms with Crippen LogP contribution in [0.1, 0.15) is 89.9 Å². The summed E-state index contributed by atoms with van der Waals surface area (Å²) in [5.41, 5.74) is 0. The quantitative estimate of drug-likeness (QED) is 0.303. The van der Waals surface area contributed by atoms with Gasteiger partial charge in [-0.3, -0.25) is 0 Å². The highest BCUT2D eigenvalue weighted by molar-refractivity contribution is 4.68. The van der Waals surface area contributed by atoms with E-state index >= 15 is 0 Å². The smallest absolute Gasteiger partial charge is 0.0810 e. The molecule has 118 valence electrons. The van der Waals surface area contributed by atoms with Crippen LogP contribution in [0.25, 0.3) is 0 Å². The van der Waals surface area contributed by atoms with Crippen molar-refractivity contribution >= 4 is 0 Å². The molecular formula is C18H34O2. The molecule has 2 aliphatic heterocycles. The summed E-state index contributed by atoms with van der Waals surface area (Å²) in [4.78, 5) is 0. The molecule has 2 atom stereocenters. The minimum Gasteiger partial charge on any atom is -0.373 e. The van der Waals surface area contributed by atoms with Crippen LogP contribution in [0.2, 0.25) is 0 Å². The lowest BCUT2D eigenvalue weighted by Gasteiger charge is -2.03. The van der Waals surface area contributed by atoms with E-state index in [-0.39, 0.29) is 0 Å². The molecule has 0 N–H and O–H groups in total. The third-order valence-corrected chi connectivity index (χ3v) is 4.61. The van der Waals surface area contributed by atoms with E-state index in [4.69, 9.17) is 9.47 Å². The molecule has 0 unspecified atom stereocenters. The number of hydrogen-bond donors (Lipinski definition) is 0. The standard InChI is InChI=1S/C18H34O2/c1(3-5-7-9-11-13-17-15-19-17)2-4-6-8-10-12-14-18-16-20-18/h17-18H,1-16H2/t17-,18+. The number of unbranched alkanes of at least 4 members (excludes halogenated alkanes) is 11. The Balaban J connectivity index is 1.17. The van der Waals surface area contributed by atoms with E-state index < -0.39 is 0 Å². The molecule has 0 amide bonds. The predicted molar refractivity (Wildman–Crippen MR) is 84.1 cm³/mol. The molecule has 0 saturated carbocycles. The van der Waals surface area contributed by atoms with Crippen LogP contribution in [0.5, 0.6) is 0 Å². The first-order valence-corrected chi connectivity index (χ1v) is 9.18. The third kappa shape index (κ3) is 9.77. The van der Waals surface area contributed by atoms with E-state index in [2.05, 4.69) is 0 Å². The number of epoxide rings is 2. The fourth-order valence-corrected chi connectivity index (χ4v) is 2.98. The van der Waals surface area contributed by atoms with Gasteiger partial charge < -0.3 is 9.47 Å². The largest absolute Gasteiger partial charge is 0.373 e. The zero-order valence-corrected chi connectivity index (χ0v) is 13.3.